The van der Waals surface area contributed by atoms with Gasteiger partial charge in [-0.05, 0) is 41.2 Å². The number of amides is 4. The van der Waals surface area contributed by atoms with Crippen molar-refractivity contribution in [2.24, 2.45) is 12.5 Å². The van der Waals surface area contributed by atoms with Crippen LogP contribution < -0.4 is 14.7 Å². The fraction of sp³-hybridized carbons (Fsp3) is 0.381. The topological polar surface area (TPSA) is 172 Å². The summed E-state index contributed by atoms with van der Waals surface area (Å²) in [5.74, 6) is -0.661. The molecule has 3 N–H and O–H groups in total. The second-order valence-electron chi connectivity index (χ2n) is 16.0. The average Bonchev–Trinajstić information content (AvgIpc) is 3.52. The molecule has 4 amide bonds. The van der Waals surface area contributed by atoms with Crippen LogP contribution in [0.15, 0.2) is 91.6 Å². The molecule has 0 saturated carbocycles. The van der Waals surface area contributed by atoms with E-state index in [1.807, 2.05) is 87.1 Å². The minimum Gasteiger partial charge on any atom is -0.627 e. The number of rotatable bonds is 14. The molecule has 2 unspecified atom stereocenters. The number of nitrogens with one attached hydrogen (secondary N) is 2. The van der Waals surface area contributed by atoms with E-state index in [-0.39, 0.29) is 74.5 Å². The number of piperazine rings is 1. The first-order valence-electron chi connectivity index (χ1n) is 19.3. The highest BCUT2D eigenvalue weighted by atomic mass is 31.2. The summed E-state index contributed by atoms with van der Waals surface area (Å²) in [6.45, 7) is 11.6. The van der Waals surface area contributed by atoms with Crippen LogP contribution in [0.5, 0.6) is 5.75 Å². The molecule has 6 rings (SSSR count). The Kier molecular flexibility index (Phi) is 12.6. The normalized spacial score (nSPS) is 19.1. The Morgan fingerprint density at radius 2 is 1.76 bits per heavy atom. The number of para-hydroxylation sites is 1. The van der Waals surface area contributed by atoms with Crippen LogP contribution >= 0.6 is 7.75 Å². The van der Waals surface area contributed by atoms with Crippen molar-refractivity contribution >= 4 is 42.3 Å². The maximum Gasteiger partial charge on any atom is 0.582 e. The van der Waals surface area contributed by atoms with Gasteiger partial charge in [0.05, 0.1) is 25.2 Å². The molecule has 0 spiro atoms. The molecular formula is C42H52N7O8P. The Hall–Kier alpha value is -5.31. The van der Waals surface area contributed by atoms with Crippen LogP contribution in [0.1, 0.15) is 61.2 Å². The van der Waals surface area contributed by atoms with Crippen molar-refractivity contribution in [3.63, 3.8) is 0 Å². The van der Waals surface area contributed by atoms with E-state index >= 15 is 0 Å². The first kappa shape index (κ1) is 42.3. The standard InChI is InChI=1S/C42H52N7O8P/c1-7-21-46-28-38(51)48-35(22-29-17-19-32(20-18-29)57-58(55,56)47(54)8-2)40(52)45(27-37(48)49(46)41(53)43-24-30-13-10-9-11-14-30)25-31-15-12-16-33-34(26-44(6)39(31)33)36(50)23-42(3,4)5/h7,9-20,26,35,37,47H,1,8,21-25,27-28H2,2-6H3,(H,43,53)(H,55,56)/t35-,37-/m0/s1. The fourth-order valence-corrected chi connectivity index (χ4v) is 8.60. The number of carbonyl (C=O) groups is 4. The van der Waals surface area contributed by atoms with E-state index in [2.05, 4.69) is 11.9 Å². The molecule has 3 aromatic carbocycles. The zero-order valence-electron chi connectivity index (χ0n) is 33.6. The molecule has 58 heavy (non-hydrogen) atoms. The maximum absolute atomic E-state index is 14.8. The number of carbonyl (C=O) groups excluding carboxylic acids is 4. The lowest BCUT2D eigenvalue weighted by Gasteiger charge is -2.55. The Bertz CT molecular complexity index is 2220. The zero-order chi connectivity index (χ0) is 41.9. The number of quaternary nitrogens is 1. The SMILES string of the molecule is C=CCN1CC(=O)N2[C@@H](Cc3ccc(OP(=O)(O)[NH+]([O-])CC)cc3)C(=O)N(Cc3cccc4c(C(=O)CC(C)(C)C)cn(C)c34)C[C@@H]2N1C(=O)NCc1ccccc1. The van der Waals surface area contributed by atoms with Crippen molar-refractivity contribution in [3.8, 4) is 5.75 Å². The van der Waals surface area contributed by atoms with E-state index in [0.717, 1.165) is 22.0 Å². The van der Waals surface area contributed by atoms with Gasteiger partial charge in [0.2, 0.25) is 11.8 Å². The third kappa shape index (κ3) is 9.19. The number of hydrazine groups is 1. The summed E-state index contributed by atoms with van der Waals surface area (Å²) in [5, 5.41) is 18.9. The number of hydrogen-bond acceptors (Lipinski definition) is 8. The monoisotopic (exact) mass is 813 g/mol. The van der Waals surface area contributed by atoms with Gasteiger partial charge in [-0.2, -0.15) is 4.57 Å². The third-order valence-corrected chi connectivity index (χ3v) is 11.7. The summed E-state index contributed by atoms with van der Waals surface area (Å²) in [6.07, 6.45) is 2.95. The smallest absolute Gasteiger partial charge is 0.582 e. The van der Waals surface area contributed by atoms with Crippen LogP contribution in [0.2, 0.25) is 0 Å². The molecule has 4 aromatic rings. The number of aromatic nitrogens is 1. The largest absolute Gasteiger partial charge is 0.627 e. The van der Waals surface area contributed by atoms with Crippen molar-refractivity contribution in [2.45, 2.75) is 65.8 Å². The summed E-state index contributed by atoms with van der Waals surface area (Å²) >= 11 is 0. The maximum atomic E-state index is 14.8. The molecule has 0 aliphatic carbocycles. The number of hydrogen-bond donors (Lipinski definition) is 3. The molecule has 2 aliphatic rings. The Morgan fingerprint density at radius 3 is 2.41 bits per heavy atom. The van der Waals surface area contributed by atoms with Gasteiger partial charge in [-0.25, -0.2) is 14.8 Å². The number of urea groups is 1. The second-order valence-corrected chi connectivity index (χ2v) is 17.7. The lowest BCUT2D eigenvalue weighted by atomic mass is 9.87. The first-order valence-corrected chi connectivity index (χ1v) is 20.9. The van der Waals surface area contributed by atoms with E-state index in [4.69, 9.17) is 4.52 Å². The first-order chi connectivity index (χ1) is 27.5. The molecule has 2 fully saturated rings. The third-order valence-electron chi connectivity index (χ3n) is 10.3. The predicted octanol–water partition coefficient (Wildman–Crippen LogP) is 4.42. The summed E-state index contributed by atoms with van der Waals surface area (Å²) in [5.41, 5.74) is 3.47. The molecule has 0 bridgehead atoms. The van der Waals surface area contributed by atoms with Crippen molar-refractivity contribution in [2.75, 3.05) is 26.2 Å². The van der Waals surface area contributed by atoms with Gasteiger partial charge in [0, 0.05) is 56.7 Å². The second kappa shape index (κ2) is 17.3. The molecule has 3 heterocycles. The number of aryl methyl sites for hydroxylation is 1. The van der Waals surface area contributed by atoms with Crippen LogP contribution in [0.25, 0.3) is 10.9 Å². The van der Waals surface area contributed by atoms with E-state index in [1.54, 1.807) is 28.1 Å². The van der Waals surface area contributed by atoms with Crippen molar-refractivity contribution in [1.82, 2.24) is 29.7 Å². The van der Waals surface area contributed by atoms with Crippen LogP contribution in [0.4, 0.5) is 4.79 Å². The number of Topliss-reactive ketones (excluding diaryl/α,β-unsaturated/α-hetero) is 1. The van der Waals surface area contributed by atoms with Gasteiger partial charge in [0.25, 0.3) is 0 Å². The number of ketones is 1. The highest BCUT2D eigenvalue weighted by Crippen LogP contribution is 2.35. The van der Waals surface area contributed by atoms with Gasteiger partial charge < -0.3 is 29.4 Å². The van der Waals surface area contributed by atoms with Gasteiger partial charge in [0.15, 0.2) is 5.78 Å². The van der Waals surface area contributed by atoms with Gasteiger partial charge >= 0.3 is 13.8 Å². The summed E-state index contributed by atoms with van der Waals surface area (Å²) < 4.78 is 19.5. The molecule has 2 saturated heterocycles. The van der Waals surface area contributed by atoms with Crippen molar-refractivity contribution in [1.29, 1.82) is 0 Å². The lowest BCUT2D eigenvalue weighted by molar-refractivity contribution is -0.725. The quantitative estimate of drug-likeness (QED) is 0.0722. The Labute approximate surface area is 338 Å². The lowest BCUT2D eigenvalue weighted by Crippen LogP contribution is -3.02. The molecule has 16 heteroatoms. The van der Waals surface area contributed by atoms with Crippen LogP contribution in [0.3, 0.4) is 0 Å². The Balaban J connectivity index is 1.37. The van der Waals surface area contributed by atoms with E-state index in [9.17, 15) is 33.8 Å². The molecule has 2 aliphatic heterocycles. The number of hydroxylamine groups is 1. The van der Waals surface area contributed by atoms with Gasteiger partial charge in [-0.15, -0.1) is 6.58 Å². The number of fused-ring (bicyclic) bond motifs is 2. The van der Waals surface area contributed by atoms with Crippen LogP contribution in [-0.2, 0) is 40.7 Å². The van der Waals surface area contributed by atoms with Crippen LogP contribution in [0, 0.1) is 10.6 Å². The van der Waals surface area contributed by atoms with Crippen molar-refractivity contribution < 1.29 is 38.0 Å². The van der Waals surface area contributed by atoms with Gasteiger partial charge in [-0.3, -0.25) is 24.1 Å². The molecular weight excluding hydrogens is 761 g/mol. The Morgan fingerprint density at radius 1 is 1.05 bits per heavy atom. The minimum atomic E-state index is -4.55. The van der Waals surface area contributed by atoms with Gasteiger partial charge in [0.1, 0.15) is 18.0 Å². The van der Waals surface area contributed by atoms with E-state index in [0.29, 0.717) is 17.5 Å². The molecule has 1 aromatic heterocycles. The molecule has 15 nitrogen and oxygen atoms in total. The summed E-state index contributed by atoms with van der Waals surface area (Å²) in [7, 11) is -2.68. The number of nitrogens with zero attached hydrogens (tertiary/aromatic N) is 5. The highest BCUT2D eigenvalue weighted by Gasteiger charge is 2.51. The van der Waals surface area contributed by atoms with Gasteiger partial charge in [-0.1, -0.05) is 87.5 Å². The molecule has 4 atom stereocenters. The average molecular weight is 814 g/mol. The number of benzene rings is 3. The van der Waals surface area contributed by atoms with Crippen LogP contribution in [-0.4, -0.2) is 91.3 Å². The van der Waals surface area contributed by atoms with Crippen molar-refractivity contribution in [3.05, 3.63) is 119 Å². The summed E-state index contributed by atoms with van der Waals surface area (Å²) in [6, 6.07) is 19.7. The molecule has 308 valence electrons. The minimum absolute atomic E-state index is 0.00255. The van der Waals surface area contributed by atoms with E-state index in [1.165, 1.54) is 29.0 Å². The summed E-state index contributed by atoms with van der Waals surface area (Å²) in [4.78, 5) is 69.0. The highest BCUT2D eigenvalue weighted by molar-refractivity contribution is 7.46. The zero-order valence-corrected chi connectivity index (χ0v) is 34.5. The van der Waals surface area contributed by atoms with E-state index < -0.39 is 30.8 Å². The predicted molar refractivity (Wildman–Crippen MR) is 219 cm³/mol. The fourth-order valence-electron chi connectivity index (χ4n) is 7.69. The molecule has 0 radical (unpaired) electrons.